The molecule has 1 heterocycles. The van der Waals surface area contributed by atoms with Crippen LogP contribution in [0.2, 0.25) is 10.0 Å². The number of aromatic nitrogens is 2. The van der Waals surface area contributed by atoms with E-state index < -0.39 is 0 Å². The summed E-state index contributed by atoms with van der Waals surface area (Å²) in [5.41, 5.74) is 1.50. The minimum absolute atomic E-state index is 0.148. The second kappa shape index (κ2) is 6.78. The van der Waals surface area contributed by atoms with Gasteiger partial charge in [0, 0.05) is 12.1 Å². The van der Waals surface area contributed by atoms with Crippen LogP contribution in [0.5, 0.6) is 0 Å². The van der Waals surface area contributed by atoms with Crippen molar-refractivity contribution in [3.05, 3.63) is 43.7 Å². The molecule has 2 rings (SSSR count). The highest BCUT2D eigenvalue weighted by atomic mass is 127. The highest BCUT2D eigenvalue weighted by molar-refractivity contribution is 14.1. The van der Waals surface area contributed by atoms with Crippen molar-refractivity contribution in [2.45, 2.75) is 19.9 Å². The van der Waals surface area contributed by atoms with Crippen LogP contribution in [0.1, 0.15) is 12.1 Å². The van der Waals surface area contributed by atoms with E-state index in [-0.39, 0.29) is 5.91 Å². The van der Waals surface area contributed by atoms with E-state index >= 15 is 0 Å². The van der Waals surface area contributed by atoms with Gasteiger partial charge in [0.2, 0.25) is 5.91 Å². The van der Waals surface area contributed by atoms with Crippen molar-refractivity contribution in [3.8, 4) is 0 Å². The molecule has 0 aliphatic carbocycles. The number of nitrogens with one attached hydrogen (secondary N) is 1. The summed E-state index contributed by atoms with van der Waals surface area (Å²) < 4.78 is 2.88. The monoisotopic (exact) mass is 423 g/mol. The Bertz CT molecular complexity index is 622. The molecule has 1 amide bonds. The molecule has 0 aliphatic rings. The average Bonchev–Trinajstić information content (AvgIpc) is 2.72. The summed E-state index contributed by atoms with van der Waals surface area (Å²) in [6.07, 6.45) is 2.08. The van der Waals surface area contributed by atoms with Gasteiger partial charge in [-0.1, -0.05) is 29.3 Å². The van der Waals surface area contributed by atoms with Crippen molar-refractivity contribution in [2.24, 2.45) is 0 Å². The maximum atomic E-state index is 11.9. The normalized spacial score (nSPS) is 10.6. The number of para-hydroxylation sites is 1. The summed E-state index contributed by atoms with van der Waals surface area (Å²) >= 11 is 14.2. The van der Waals surface area contributed by atoms with Crippen molar-refractivity contribution in [1.29, 1.82) is 0 Å². The molecule has 0 radical (unpaired) electrons. The molecule has 1 aromatic heterocycles. The van der Waals surface area contributed by atoms with Crippen molar-refractivity contribution < 1.29 is 4.79 Å². The summed E-state index contributed by atoms with van der Waals surface area (Å²) in [6, 6.07) is 5.10. The lowest BCUT2D eigenvalue weighted by atomic mass is 10.3. The largest absolute Gasteiger partial charge is 0.323 e. The molecule has 0 aliphatic heterocycles. The van der Waals surface area contributed by atoms with Crippen LogP contribution in [0.25, 0.3) is 0 Å². The molecule has 0 bridgehead atoms. The third kappa shape index (κ3) is 3.65. The Morgan fingerprint density at radius 1 is 1.40 bits per heavy atom. The lowest BCUT2D eigenvalue weighted by Gasteiger charge is -2.09. The van der Waals surface area contributed by atoms with Crippen LogP contribution in [-0.2, 0) is 11.3 Å². The number of amides is 1. The Kier molecular flexibility index (Phi) is 5.29. The number of aryl methyl sites for hydroxylation is 1. The second-order valence-corrected chi connectivity index (χ2v) is 6.17. The molecule has 0 atom stereocenters. The van der Waals surface area contributed by atoms with E-state index in [1.165, 1.54) is 0 Å². The molecule has 0 fully saturated rings. The molecule has 4 nitrogen and oxygen atoms in total. The zero-order valence-corrected chi connectivity index (χ0v) is 14.3. The Morgan fingerprint density at radius 3 is 2.60 bits per heavy atom. The number of benzene rings is 1. The molecule has 7 heteroatoms. The number of hydrogen-bond donors (Lipinski definition) is 1. The number of anilines is 1. The van der Waals surface area contributed by atoms with Crippen molar-refractivity contribution >= 4 is 57.4 Å². The second-order valence-electron chi connectivity index (χ2n) is 4.20. The van der Waals surface area contributed by atoms with Gasteiger partial charge in [0.25, 0.3) is 0 Å². The molecule has 2 aromatic rings. The van der Waals surface area contributed by atoms with Gasteiger partial charge < -0.3 is 5.32 Å². The van der Waals surface area contributed by atoms with Crippen LogP contribution in [0, 0.1) is 10.5 Å². The van der Waals surface area contributed by atoms with Gasteiger partial charge in [-0.3, -0.25) is 9.48 Å². The molecule has 1 N–H and O–H groups in total. The summed E-state index contributed by atoms with van der Waals surface area (Å²) in [5, 5.41) is 7.79. The van der Waals surface area contributed by atoms with Gasteiger partial charge >= 0.3 is 0 Å². The highest BCUT2D eigenvalue weighted by Gasteiger charge is 2.11. The Hall–Kier alpha value is -0.790. The first kappa shape index (κ1) is 15.6. The average molecular weight is 424 g/mol. The minimum atomic E-state index is -0.148. The molecule has 0 spiro atoms. The van der Waals surface area contributed by atoms with Crippen LogP contribution < -0.4 is 5.32 Å². The third-order valence-corrected chi connectivity index (χ3v) is 4.51. The van der Waals surface area contributed by atoms with Crippen molar-refractivity contribution in [2.75, 3.05) is 5.32 Å². The fraction of sp³-hybridized carbons (Fsp3) is 0.231. The number of halogens is 3. The Morgan fingerprint density at radius 2 is 2.05 bits per heavy atom. The van der Waals surface area contributed by atoms with Crippen LogP contribution in [-0.4, -0.2) is 15.7 Å². The maximum Gasteiger partial charge on any atom is 0.226 e. The van der Waals surface area contributed by atoms with Gasteiger partial charge in [-0.2, -0.15) is 5.10 Å². The Labute approximate surface area is 140 Å². The predicted molar refractivity (Wildman–Crippen MR) is 89.4 cm³/mol. The fourth-order valence-corrected chi connectivity index (χ4v) is 2.57. The van der Waals surface area contributed by atoms with E-state index in [0.717, 1.165) is 9.26 Å². The topological polar surface area (TPSA) is 46.9 Å². The fourth-order valence-electron chi connectivity index (χ4n) is 1.68. The van der Waals surface area contributed by atoms with Crippen LogP contribution in [0.4, 0.5) is 5.69 Å². The molecular weight excluding hydrogens is 412 g/mol. The summed E-state index contributed by atoms with van der Waals surface area (Å²) in [7, 11) is 0. The lowest BCUT2D eigenvalue weighted by molar-refractivity contribution is -0.116. The molecule has 1 aromatic carbocycles. The zero-order valence-electron chi connectivity index (χ0n) is 10.7. The van der Waals surface area contributed by atoms with Gasteiger partial charge in [0.15, 0.2) is 0 Å². The maximum absolute atomic E-state index is 11.9. The van der Waals surface area contributed by atoms with Gasteiger partial charge in [-0.05, 0) is 41.6 Å². The number of hydrogen-bond acceptors (Lipinski definition) is 2. The third-order valence-electron chi connectivity index (χ3n) is 2.82. The minimum Gasteiger partial charge on any atom is -0.323 e. The summed E-state index contributed by atoms with van der Waals surface area (Å²) in [6.45, 7) is 2.49. The van der Waals surface area contributed by atoms with E-state index in [1.54, 1.807) is 29.1 Å². The van der Waals surface area contributed by atoms with Crippen LogP contribution in [0.15, 0.2) is 24.4 Å². The van der Waals surface area contributed by atoms with Gasteiger partial charge in [0.05, 0.1) is 32.0 Å². The molecule has 0 saturated heterocycles. The standard InChI is InChI=1S/C13H12Cl2IN3O/c1-8-11(16)7-17-19(8)6-5-12(20)18-13-9(14)3-2-4-10(13)15/h2-4,7H,5-6H2,1H3,(H,18,20). The van der Waals surface area contributed by atoms with Gasteiger partial charge in [0.1, 0.15) is 0 Å². The number of carbonyl (C=O) groups excluding carboxylic acids is 1. The number of nitrogens with zero attached hydrogens (tertiary/aromatic N) is 2. The zero-order chi connectivity index (χ0) is 14.7. The molecule has 0 saturated carbocycles. The van der Waals surface area contributed by atoms with E-state index in [4.69, 9.17) is 23.2 Å². The van der Waals surface area contributed by atoms with Crippen LogP contribution >= 0.6 is 45.8 Å². The van der Waals surface area contributed by atoms with Gasteiger partial charge in [-0.25, -0.2) is 0 Å². The lowest BCUT2D eigenvalue weighted by Crippen LogP contribution is -2.16. The molecule has 20 heavy (non-hydrogen) atoms. The smallest absolute Gasteiger partial charge is 0.226 e. The van der Waals surface area contributed by atoms with E-state index in [1.807, 2.05) is 6.92 Å². The first-order chi connectivity index (χ1) is 9.49. The van der Waals surface area contributed by atoms with E-state index in [2.05, 4.69) is 33.0 Å². The highest BCUT2D eigenvalue weighted by Crippen LogP contribution is 2.29. The first-order valence-electron chi connectivity index (χ1n) is 5.91. The number of rotatable bonds is 4. The van der Waals surface area contributed by atoms with E-state index in [9.17, 15) is 4.79 Å². The number of carbonyl (C=O) groups is 1. The van der Waals surface area contributed by atoms with Crippen LogP contribution in [0.3, 0.4) is 0 Å². The summed E-state index contributed by atoms with van der Waals surface area (Å²) in [4.78, 5) is 11.9. The van der Waals surface area contributed by atoms with Crippen molar-refractivity contribution in [3.63, 3.8) is 0 Å². The SMILES string of the molecule is Cc1c(I)cnn1CCC(=O)Nc1c(Cl)cccc1Cl. The van der Waals surface area contributed by atoms with Gasteiger partial charge in [-0.15, -0.1) is 0 Å². The quantitative estimate of drug-likeness (QED) is 0.751. The van der Waals surface area contributed by atoms with Crippen molar-refractivity contribution in [1.82, 2.24) is 9.78 Å². The molecule has 0 unspecified atom stereocenters. The Balaban J connectivity index is 1.98. The molecule has 106 valence electrons. The predicted octanol–water partition coefficient (Wildman–Crippen LogP) is 4.13. The first-order valence-corrected chi connectivity index (χ1v) is 7.74. The molecular formula is C13H12Cl2IN3O. The van der Waals surface area contributed by atoms with E-state index in [0.29, 0.717) is 28.7 Å². The summed E-state index contributed by atoms with van der Waals surface area (Å²) in [5.74, 6) is -0.148.